The van der Waals surface area contributed by atoms with E-state index < -0.39 is 18.2 Å². The van der Waals surface area contributed by atoms with E-state index >= 15 is 0 Å². The Labute approximate surface area is 157 Å². The average molecular weight is 375 g/mol. The molecule has 3 aliphatic rings. The molecule has 8 nitrogen and oxygen atoms in total. The summed E-state index contributed by atoms with van der Waals surface area (Å²) in [4.78, 5) is 49.4. The Balaban J connectivity index is 1.79. The van der Waals surface area contributed by atoms with Gasteiger partial charge in [-0.3, -0.25) is 9.59 Å². The Kier molecular flexibility index (Phi) is 5.96. The second-order valence-corrected chi connectivity index (χ2v) is 7.25. The molecule has 2 fully saturated rings. The van der Waals surface area contributed by atoms with Crippen molar-refractivity contribution in [1.82, 2.24) is 10.2 Å². The lowest BCUT2D eigenvalue weighted by atomic mass is 10.1. The first-order valence-electron chi connectivity index (χ1n) is 9.51. The normalized spacial score (nSPS) is 32.9. The van der Waals surface area contributed by atoms with Gasteiger partial charge in [0.05, 0.1) is 6.04 Å². The van der Waals surface area contributed by atoms with Crippen LogP contribution in [0.2, 0.25) is 0 Å². The molecule has 4 atom stereocenters. The summed E-state index contributed by atoms with van der Waals surface area (Å²) in [5.41, 5.74) is 5.67. The number of ether oxygens (including phenoxy) is 1. The molecule has 0 aromatic carbocycles. The first kappa shape index (κ1) is 19.2. The third kappa shape index (κ3) is 4.39. The number of rotatable bonds is 1. The molecule has 27 heavy (non-hydrogen) atoms. The topological polar surface area (TPSA) is 119 Å². The maximum Gasteiger partial charge on any atom is 0.405 e. The van der Waals surface area contributed by atoms with E-state index in [0.717, 1.165) is 19.3 Å². The SMILES string of the molecule is NC(=O)OC1CCCCC/C=C\C2C(=C=O)C2NC(=O)C2CCCN2C1=O. The van der Waals surface area contributed by atoms with Crippen LogP contribution in [0.25, 0.3) is 0 Å². The highest BCUT2D eigenvalue weighted by molar-refractivity contribution is 5.91. The molecule has 3 rings (SSSR count). The summed E-state index contributed by atoms with van der Waals surface area (Å²) < 4.78 is 5.04. The van der Waals surface area contributed by atoms with Crippen LogP contribution in [0.4, 0.5) is 4.79 Å². The smallest absolute Gasteiger partial charge is 0.405 e. The number of amides is 3. The van der Waals surface area contributed by atoms with Gasteiger partial charge < -0.3 is 20.7 Å². The van der Waals surface area contributed by atoms with E-state index in [1.807, 2.05) is 18.1 Å². The number of hydrogen-bond donors (Lipinski definition) is 2. The number of nitrogens with zero attached hydrogens (tertiary/aromatic N) is 1. The van der Waals surface area contributed by atoms with Crippen LogP contribution in [0.5, 0.6) is 0 Å². The predicted octanol–water partition coefficient (Wildman–Crippen LogP) is 0.834. The van der Waals surface area contributed by atoms with Crippen molar-refractivity contribution >= 4 is 23.8 Å². The van der Waals surface area contributed by atoms with E-state index in [4.69, 9.17) is 10.5 Å². The van der Waals surface area contributed by atoms with Gasteiger partial charge in [0.25, 0.3) is 5.91 Å². The van der Waals surface area contributed by atoms with E-state index in [-0.39, 0.29) is 23.8 Å². The summed E-state index contributed by atoms with van der Waals surface area (Å²) in [6, 6.07) is -0.966. The van der Waals surface area contributed by atoms with Gasteiger partial charge >= 0.3 is 6.09 Å². The number of nitrogens with one attached hydrogen (secondary N) is 1. The van der Waals surface area contributed by atoms with Gasteiger partial charge in [0.15, 0.2) is 6.10 Å². The largest absolute Gasteiger partial charge is 0.436 e. The Morgan fingerprint density at radius 1 is 1.22 bits per heavy atom. The van der Waals surface area contributed by atoms with Gasteiger partial charge in [-0.05, 0) is 38.5 Å². The number of hydrogen-bond acceptors (Lipinski definition) is 5. The van der Waals surface area contributed by atoms with E-state index in [0.29, 0.717) is 37.8 Å². The van der Waals surface area contributed by atoms with Gasteiger partial charge in [0, 0.05) is 18.0 Å². The van der Waals surface area contributed by atoms with Crippen LogP contribution >= 0.6 is 0 Å². The maximum absolute atomic E-state index is 12.9. The van der Waals surface area contributed by atoms with E-state index in [9.17, 15) is 19.2 Å². The zero-order chi connectivity index (χ0) is 19.4. The van der Waals surface area contributed by atoms with Crippen molar-refractivity contribution in [1.29, 1.82) is 0 Å². The second-order valence-electron chi connectivity index (χ2n) is 7.25. The Hall–Kier alpha value is -2.60. The summed E-state index contributed by atoms with van der Waals surface area (Å²) in [5, 5.41) is 2.86. The molecule has 0 bridgehead atoms. The molecule has 1 saturated heterocycles. The zero-order valence-corrected chi connectivity index (χ0v) is 15.2. The Bertz CT molecular complexity index is 697. The van der Waals surface area contributed by atoms with Gasteiger partial charge in [0.1, 0.15) is 12.0 Å². The third-order valence-corrected chi connectivity index (χ3v) is 5.41. The van der Waals surface area contributed by atoms with Crippen LogP contribution in [0.3, 0.4) is 0 Å². The molecule has 0 aromatic heterocycles. The first-order chi connectivity index (χ1) is 13.0. The molecule has 0 radical (unpaired) electrons. The number of nitrogens with two attached hydrogens (primary N) is 1. The molecule has 3 amide bonds. The summed E-state index contributed by atoms with van der Waals surface area (Å²) in [7, 11) is 0. The molecule has 2 heterocycles. The summed E-state index contributed by atoms with van der Waals surface area (Å²) in [5.74, 6) is 1.14. The molecule has 0 spiro atoms. The van der Waals surface area contributed by atoms with E-state index in [2.05, 4.69) is 5.32 Å². The number of fused-ring (bicyclic) bond motifs is 2. The lowest BCUT2D eigenvalue weighted by Gasteiger charge is -2.27. The van der Waals surface area contributed by atoms with Crippen molar-refractivity contribution in [3.63, 3.8) is 0 Å². The predicted molar refractivity (Wildman–Crippen MR) is 96.0 cm³/mol. The van der Waals surface area contributed by atoms with Crippen LogP contribution < -0.4 is 11.1 Å². The van der Waals surface area contributed by atoms with Gasteiger partial charge in [0.2, 0.25) is 5.91 Å². The molecule has 2 aliphatic heterocycles. The summed E-state index contributed by atoms with van der Waals surface area (Å²) >= 11 is 0. The number of allylic oxidation sites excluding steroid dienone is 1. The van der Waals surface area contributed by atoms with Gasteiger partial charge in [-0.2, -0.15) is 0 Å². The average Bonchev–Trinajstić information content (AvgIpc) is 3.05. The van der Waals surface area contributed by atoms with Gasteiger partial charge in [-0.25, -0.2) is 9.59 Å². The lowest BCUT2D eigenvalue weighted by molar-refractivity contribution is -0.145. The molecule has 3 N–H and O–H groups in total. The molecule has 1 aliphatic carbocycles. The summed E-state index contributed by atoms with van der Waals surface area (Å²) in [6.45, 7) is 0.430. The van der Waals surface area contributed by atoms with Crippen molar-refractivity contribution < 1.29 is 23.9 Å². The first-order valence-corrected chi connectivity index (χ1v) is 9.51. The van der Waals surface area contributed by atoms with E-state index in [1.54, 1.807) is 0 Å². The number of carbonyl (C=O) groups is 3. The quantitative estimate of drug-likeness (QED) is 0.520. The minimum atomic E-state index is -0.990. The number of carbonyl (C=O) groups excluding carboxylic acids is 4. The monoisotopic (exact) mass is 375 g/mol. The van der Waals surface area contributed by atoms with Crippen molar-refractivity contribution in [2.24, 2.45) is 11.7 Å². The molecular formula is C19H25N3O5. The van der Waals surface area contributed by atoms with Crippen LogP contribution in [-0.2, 0) is 19.1 Å². The summed E-state index contributed by atoms with van der Waals surface area (Å²) in [6.07, 6.45) is 6.98. The molecule has 1 saturated carbocycles. The highest BCUT2D eigenvalue weighted by atomic mass is 16.6. The van der Waals surface area contributed by atoms with Gasteiger partial charge in [-0.15, -0.1) is 0 Å². The molecule has 0 aromatic rings. The van der Waals surface area contributed by atoms with Gasteiger partial charge in [-0.1, -0.05) is 18.6 Å². The fraction of sp³-hybridized carbons (Fsp3) is 0.632. The Morgan fingerprint density at radius 3 is 2.78 bits per heavy atom. The van der Waals surface area contributed by atoms with Crippen molar-refractivity contribution in [3.8, 4) is 0 Å². The lowest BCUT2D eigenvalue weighted by Crippen LogP contribution is -2.50. The van der Waals surface area contributed by atoms with Crippen LogP contribution in [-0.4, -0.2) is 53.5 Å². The molecule has 146 valence electrons. The molecular weight excluding hydrogens is 350 g/mol. The van der Waals surface area contributed by atoms with E-state index in [1.165, 1.54) is 4.90 Å². The second kappa shape index (κ2) is 8.39. The van der Waals surface area contributed by atoms with Crippen LogP contribution in [0.1, 0.15) is 44.9 Å². The van der Waals surface area contributed by atoms with Crippen molar-refractivity contribution in [2.45, 2.75) is 63.1 Å². The fourth-order valence-electron chi connectivity index (χ4n) is 3.92. The van der Waals surface area contributed by atoms with Crippen LogP contribution in [0.15, 0.2) is 17.7 Å². The highest BCUT2D eigenvalue weighted by Gasteiger charge is 2.47. The molecule has 8 heteroatoms. The highest BCUT2D eigenvalue weighted by Crippen LogP contribution is 2.38. The minimum Gasteiger partial charge on any atom is -0.436 e. The van der Waals surface area contributed by atoms with Crippen molar-refractivity contribution in [2.75, 3.05) is 6.54 Å². The maximum atomic E-state index is 12.9. The fourth-order valence-corrected chi connectivity index (χ4v) is 3.92. The van der Waals surface area contributed by atoms with Crippen molar-refractivity contribution in [3.05, 3.63) is 17.7 Å². The minimum absolute atomic E-state index is 0.104. The third-order valence-electron chi connectivity index (χ3n) is 5.41. The van der Waals surface area contributed by atoms with Crippen LogP contribution in [0, 0.1) is 5.92 Å². The molecule has 4 unspecified atom stereocenters. The Morgan fingerprint density at radius 2 is 2.04 bits per heavy atom. The zero-order valence-electron chi connectivity index (χ0n) is 15.2. The standard InChI is InChI=1S/C19H25N3O5/c20-19(26)27-15-9-5-3-1-2-4-7-12-13(11-23)16(12)21-17(24)14-8-6-10-22(14)18(15)25/h4,7,12,14-16H,1-3,5-6,8-10H2,(H2,20,26)(H,21,24)/b7-4-. The number of primary amides is 1.